The summed E-state index contributed by atoms with van der Waals surface area (Å²) in [5.41, 5.74) is 1.51. The van der Waals surface area contributed by atoms with Gasteiger partial charge < -0.3 is 10.2 Å². The fourth-order valence-electron chi connectivity index (χ4n) is 2.94. The Morgan fingerprint density at radius 1 is 1.21 bits per heavy atom. The highest BCUT2D eigenvalue weighted by atomic mass is 15.1. The summed E-state index contributed by atoms with van der Waals surface area (Å²) in [4.78, 5) is 2.63. The van der Waals surface area contributed by atoms with E-state index in [1.807, 2.05) is 0 Å². The van der Waals surface area contributed by atoms with Crippen molar-refractivity contribution in [2.24, 2.45) is 5.92 Å². The molecular formula is C17H28N2. The van der Waals surface area contributed by atoms with Crippen molar-refractivity contribution in [2.75, 3.05) is 26.2 Å². The first-order chi connectivity index (χ1) is 9.15. The normalized spacial score (nSPS) is 22.0. The number of nitrogens with one attached hydrogen (secondary N) is 1. The molecule has 0 aromatic heterocycles. The van der Waals surface area contributed by atoms with E-state index in [0.29, 0.717) is 6.04 Å². The van der Waals surface area contributed by atoms with Crippen LogP contribution in [0, 0.1) is 5.92 Å². The minimum Gasteiger partial charge on any atom is -0.314 e. The predicted molar refractivity (Wildman–Crippen MR) is 82.5 cm³/mol. The fraction of sp³-hybridized carbons (Fsp3) is 0.647. The van der Waals surface area contributed by atoms with Gasteiger partial charge >= 0.3 is 0 Å². The molecule has 1 saturated heterocycles. The Bertz CT molecular complexity index is 361. The van der Waals surface area contributed by atoms with Gasteiger partial charge in [0.1, 0.15) is 0 Å². The Hall–Kier alpha value is -0.860. The summed E-state index contributed by atoms with van der Waals surface area (Å²) in [6.45, 7) is 11.6. The number of nitrogens with zero attached hydrogens (tertiary/aromatic N) is 1. The van der Waals surface area contributed by atoms with E-state index in [0.717, 1.165) is 18.4 Å². The molecule has 1 heterocycles. The lowest BCUT2D eigenvalue weighted by Gasteiger charge is -2.22. The minimum absolute atomic E-state index is 0.595. The Labute approximate surface area is 118 Å². The van der Waals surface area contributed by atoms with E-state index in [1.54, 1.807) is 0 Å². The zero-order valence-electron chi connectivity index (χ0n) is 12.6. The van der Waals surface area contributed by atoms with E-state index in [-0.39, 0.29) is 0 Å². The smallest absolute Gasteiger partial charge is 0.00509 e. The van der Waals surface area contributed by atoms with E-state index in [9.17, 15) is 0 Å². The van der Waals surface area contributed by atoms with Crippen molar-refractivity contribution >= 4 is 0 Å². The van der Waals surface area contributed by atoms with Crippen LogP contribution in [0.5, 0.6) is 0 Å². The maximum atomic E-state index is 3.54. The lowest BCUT2D eigenvalue weighted by atomic mass is 9.99. The van der Waals surface area contributed by atoms with Crippen molar-refractivity contribution in [1.82, 2.24) is 10.2 Å². The van der Waals surface area contributed by atoms with Gasteiger partial charge in [-0.05, 0) is 36.9 Å². The largest absolute Gasteiger partial charge is 0.314 e. The lowest BCUT2D eigenvalue weighted by molar-refractivity contribution is 0.277. The molecule has 0 radical (unpaired) electrons. The van der Waals surface area contributed by atoms with Crippen molar-refractivity contribution in [3.8, 4) is 0 Å². The van der Waals surface area contributed by atoms with Gasteiger partial charge in [0.2, 0.25) is 0 Å². The van der Waals surface area contributed by atoms with Crippen LogP contribution in [0.25, 0.3) is 0 Å². The second-order valence-corrected chi connectivity index (χ2v) is 6.32. The van der Waals surface area contributed by atoms with Crippen molar-refractivity contribution < 1.29 is 0 Å². The number of hydrogen-bond donors (Lipinski definition) is 1. The zero-order valence-corrected chi connectivity index (χ0v) is 12.6. The monoisotopic (exact) mass is 260 g/mol. The quantitative estimate of drug-likeness (QED) is 0.845. The molecule has 1 aromatic rings. The van der Waals surface area contributed by atoms with E-state index < -0.39 is 0 Å². The minimum atomic E-state index is 0.595. The summed E-state index contributed by atoms with van der Waals surface area (Å²) >= 11 is 0. The lowest BCUT2D eigenvalue weighted by Crippen LogP contribution is -2.34. The molecule has 19 heavy (non-hydrogen) atoms. The molecule has 2 unspecified atom stereocenters. The summed E-state index contributed by atoms with van der Waals surface area (Å²) in [6.07, 6.45) is 1.31. The standard InChI is InChI=1S/C17H28N2/c1-14(2)18-11-15(3)12-19-10-9-17(13-19)16-7-5-4-6-8-16/h4-8,14-15,17-18H,9-13H2,1-3H3. The highest BCUT2D eigenvalue weighted by molar-refractivity contribution is 5.20. The van der Waals surface area contributed by atoms with Gasteiger partial charge in [0.05, 0.1) is 0 Å². The number of likely N-dealkylation sites (tertiary alicyclic amines) is 1. The summed E-state index contributed by atoms with van der Waals surface area (Å²) in [7, 11) is 0. The number of benzene rings is 1. The molecule has 0 spiro atoms. The molecule has 0 amide bonds. The van der Waals surface area contributed by atoms with Crippen LogP contribution in [0.1, 0.15) is 38.7 Å². The topological polar surface area (TPSA) is 15.3 Å². The van der Waals surface area contributed by atoms with E-state index in [4.69, 9.17) is 0 Å². The Kier molecular flexibility index (Phi) is 5.41. The van der Waals surface area contributed by atoms with Crippen molar-refractivity contribution in [2.45, 2.75) is 39.2 Å². The summed E-state index contributed by atoms with van der Waals surface area (Å²) in [5, 5.41) is 3.54. The zero-order chi connectivity index (χ0) is 13.7. The van der Waals surface area contributed by atoms with Crippen LogP contribution in [0.2, 0.25) is 0 Å². The average Bonchev–Trinajstić information content (AvgIpc) is 2.86. The molecule has 2 rings (SSSR count). The summed E-state index contributed by atoms with van der Waals surface area (Å²) < 4.78 is 0. The van der Waals surface area contributed by atoms with Crippen molar-refractivity contribution in [3.05, 3.63) is 35.9 Å². The van der Waals surface area contributed by atoms with E-state index >= 15 is 0 Å². The van der Waals surface area contributed by atoms with Gasteiger partial charge in [-0.1, -0.05) is 51.1 Å². The molecule has 0 saturated carbocycles. The molecule has 106 valence electrons. The van der Waals surface area contributed by atoms with Gasteiger partial charge in [0.25, 0.3) is 0 Å². The molecule has 1 fully saturated rings. The van der Waals surface area contributed by atoms with Crippen LogP contribution in [0.15, 0.2) is 30.3 Å². The first-order valence-corrected chi connectivity index (χ1v) is 7.66. The predicted octanol–water partition coefficient (Wildman–Crippen LogP) is 3.11. The van der Waals surface area contributed by atoms with Crippen LogP contribution >= 0.6 is 0 Å². The van der Waals surface area contributed by atoms with Gasteiger partial charge in [-0.25, -0.2) is 0 Å². The van der Waals surface area contributed by atoms with Gasteiger partial charge in [-0.3, -0.25) is 0 Å². The highest BCUT2D eigenvalue weighted by Gasteiger charge is 2.24. The summed E-state index contributed by atoms with van der Waals surface area (Å²) in [5.74, 6) is 1.48. The van der Waals surface area contributed by atoms with Gasteiger partial charge in [-0.2, -0.15) is 0 Å². The molecule has 1 aliphatic rings. The molecule has 1 aromatic carbocycles. The maximum absolute atomic E-state index is 3.54. The Morgan fingerprint density at radius 3 is 2.63 bits per heavy atom. The molecule has 2 atom stereocenters. The van der Waals surface area contributed by atoms with E-state index in [2.05, 4.69) is 61.3 Å². The maximum Gasteiger partial charge on any atom is 0.00509 e. The molecule has 0 aliphatic carbocycles. The highest BCUT2D eigenvalue weighted by Crippen LogP contribution is 2.27. The third-order valence-corrected chi connectivity index (χ3v) is 3.99. The molecule has 2 nitrogen and oxygen atoms in total. The third kappa shape index (κ3) is 4.63. The average molecular weight is 260 g/mol. The number of rotatable bonds is 6. The first kappa shape index (κ1) is 14.5. The van der Waals surface area contributed by atoms with Gasteiger partial charge in [-0.15, -0.1) is 0 Å². The molecular weight excluding hydrogens is 232 g/mol. The van der Waals surface area contributed by atoms with Crippen LogP contribution in [-0.2, 0) is 0 Å². The van der Waals surface area contributed by atoms with Gasteiger partial charge in [0.15, 0.2) is 0 Å². The van der Waals surface area contributed by atoms with Crippen LogP contribution in [0.4, 0.5) is 0 Å². The third-order valence-electron chi connectivity index (χ3n) is 3.99. The van der Waals surface area contributed by atoms with Gasteiger partial charge in [0, 0.05) is 19.1 Å². The SMILES string of the molecule is CC(CNC(C)C)CN1CCC(c2ccccc2)C1. The van der Waals surface area contributed by atoms with E-state index in [1.165, 1.54) is 31.6 Å². The Balaban J connectivity index is 1.76. The summed E-state index contributed by atoms with van der Waals surface area (Å²) in [6, 6.07) is 11.6. The number of hydrogen-bond acceptors (Lipinski definition) is 2. The fourth-order valence-corrected chi connectivity index (χ4v) is 2.94. The van der Waals surface area contributed by atoms with Crippen molar-refractivity contribution in [1.29, 1.82) is 0 Å². The molecule has 1 N–H and O–H groups in total. The second-order valence-electron chi connectivity index (χ2n) is 6.32. The van der Waals surface area contributed by atoms with Crippen LogP contribution in [0.3, 0.4) is 0 Å². The second kappa shape index (κ2) is 7.06. The Morgan fingerprint density at radius 2 is 1.95 bits per heavy atom. The van der Waals surface area contributed by atoms with Crippen LogP contribution in [-0.4, -0.2) is 37.1 Å². The van der Waals surface area contributed by atoms with Crippen molar-refractivity contribution in [3.63, 3.8) is 0 Å². The molecule has 1 aliphatic heterocycles. The molecule has 2 heteroatoms. The molecule has 0 bridgehead atoms. The first-order valence-electron chi connectivity index (χ1n) is 7.66. The van der Waals surface area contributed by atoms with Crippen LogP contribution < -0.4 is 5.32 Å².